The Morgan fingerprint density at radius 1 is 0.750 bits per heavy atom. The first kappa shape index (κ1) is 26.2. The van der Waals surface area contributed by atoms with E-state index < -0.39 is 0 Å². The summed E-state index contributed by atoms with van der Waals surface area (Å²) in [6, 6.07) is 15.7. The normalized spacial score (nSPS) is 11.0. The van der Waals surface area contributed by atoms with Gasteiger partial charge in [-0.15, -0.1) is 0 Å². The second-order valence-electron chi connectivity index (χ2n) is 7.13. The van der Waals surface area contributed by atoms with Gasteiger partial charge in [0, 0.05) is 96.3 Å². The molecule has 0 unspecified atom stereocenters. The number of aromatic nitrogens is 1. The molecule has 0 fully saturated rings. The minimum Gasteiger partial charge on any atom is -0.256 e. The summed E-state index contributed by atoms with van der Waals surface area (Å²) in [5, 5.41) is 0. The van der Waals surface area contributed by atoms with Gasteiger partial charge in [0.15, 0.2) is 0 Å². The molecule has 4 rings (SSSR count). The molecule has 1 aliphatic rings. The molecule has 0 bridgehead atoms. The SMILES string of the molecule is Cc1cc(C)c(-c2ccc3c(c2)CCc2cccnc2-3)c(C)c1.S=S=S=S=S=S=S=S=S. The predicted octanol–water partition coefficient (Wildman–Crippen LogP) is 5.42. The summed E-state index contributed by atoms with van der Waals surface area (Å²) in [4.78, 5) is 4.61. The maximum Gasteiger partial charge on any atom is 0.0736 e. The third kappa shape index (κ3) is 7.04. The van der Waals surface area contributed by atoms with E-state index in [9.17, 15) is 0 Å². The van der Waals surface area contributed by atoms with Crippen molar-refractivity contribution in [2.75, 3.05) is 0 Å². The average molecular weight is 588 g/mol. The van der Waals surface area contributed by atoms with Gasteiger partial charge in [-0.2, -0.15) is 0 Å². The standard InChI is InChI=1S/C22H21N.S9/c1-14-11-15(2)21(16(3)12-14)19-8-9-20-18(13-19)7-6-17-5-4-10-23-22(17)20;1-3-5-7-9-8-6-4-2/h4-5,8-13H,6-7H2,1-3H3;. The van der Waals surface area contributed by atoms with Crippen LogP contribution in [0.5, 0.6) is 0 Å². The molecule has 0 amide bonds. The van der Waals surface area contributed by atoms with Crippen LogP contribution in [0.4, 0.5) is 0 Å². The van der Waals surface area contributed by atoms with E-state index >= 15 is 0 Å². The summed E-state index contributed by atoms with van der Waals surface area (Å²) in [5.41, 5.74) is 12.0. The zero-order chi connectivity index (χ0) is 22.9. The Kier molecular flexibility index (Phi) is 11.0. The van der Waals surface area contributed by atoms with Gasteiger partial charge in [-0.3, -0.25) is 4.98 Å². The number of fused-ring (bicyclic) bond motifs is 3. The van der Waals surface area contributed by atoms with Crippen LogP contribution in [0.15, 0.2) is 48.7 Å². The first-order chi connectivity index (χ1) is 15.5. The van der Waals surface area contributed by atoms with Crippen LogP contribution in [0.1, 0.15) is 27.8 Å². The van der Waals surface area contributed by atoms with Crippen LogP contribution in [0.3, 0.4) is 0 Å². The highest BCUT2D eigenvalue weighted by molar-refractivity contribution is 8.72. The van der Waals surface area contributed by atoms with E-state index in [2.05, 4.69) is 84.5 Å². The zero-order valence-electron chi connectivity index (χ0n) is 17.7. The summed E-state index contributed by atoms with van der Waals surface area (Å²) in [7, 11) is 10.9. The molecule has 2 aromatic carbocycles. The molecule has 3 aromatic rings. The Bertz CT molecular complexity index is 1400. The summed E-state index contributed by atoms with van der Waals surface area (Å²) < 4.78 is 0. The molecule has 10 heteroatoms. The smallest absolute Gasteiger partial charge is 0.0736 e. The van der Waals surface area contributed by atoms with Gasteiger partial charge in [-0.05, 0) is 73.1 Å². The quantitative estimate of drug-likeness (QED) is 0.378. The van der Waals surface area contributed by atoms with E-state index in [0.29, 0.717) is 0 Å². The molecule has 0 saturated heterocycles. The van der Waals surface area contributed by atoms with Gasteiger partial charge in [-0.1, -0.05) is 42.0 Å². The molecule has 0 atom stereocenters. The van der Waals surface area contributed by atoms with Crippen molar-refractivity contribution in [3.8, 4) is 22.4 Å². The van der Waals surface area contributed by atoms with Crippen molar-refractivity contribution in [2.45, 2.75) is 33.6 Å². The molecule has 1 heterocycles. The number of hydrogen-bond donors (Lipinski definition) is 0. The fourth-order valence-electron chi connectivity index (χ4n) is 4.03. The van der Waals surface area contributed by atoms with Crippen molar-refractivity contribution < 1.29 is 0 Å². The molecule has 0 aliphatic heterocycles. The van der Waals surface area contributed by atoms with Crippen molar-refractivity contribution >= 4 is 84.5 Å². The van der Waals surface area contributed by atoms with Gasteiger partial charge in [-0.25, -0.2) is 0 Å². The number of aryl methyl sites for hydroxylation is 5. The Balaban J connectivity index is 0.000000275. The number of rotatable bonds is 1. The fraction of sp³-hybridized carbons (Fsp3) is 0.227. The summed E-state index contributed by atoms with van der Waals surface area (Å²) >= 11 is 9.27. The zero-order valence-corrected chi connectivity index (χ0v) is 25.0. The van der Waals surface area contributed by atoms with E-state index in [4.69, 9.17) is 0 Å². The Labute approximate surface area is 219 Å². The second kappa shape index (κ2) is 13.5. The van der Waals surface area contributed by atoms with Crippen LogP contribution in [0, 0.1) is 20.8 Å². The Morgan fingerprint density at radius 3 is 2.03 bits per heavy atom. The largest absolute Gasteiger partial charge is 0.256 e. The van der Waals surface area contributed by atoms with Crippen LogP contribution >= 0.6 is 0 Å². The molecule has 32 heavy (non-hydrogen) atoms. The highest BCUT2D eigenvalue weighted by atomic mass is 33.4. The first-order valence-corrected chi connectivity index (χ1v) is 20.3. The molecule has 0 N–H and O–H groups in total. The Hall–Kier alpha value is -0.430. The average Bonchev–Trinajstić information content (AvgIpc) is 2.78. The van der Waals surface area contributed by atoms with E-state index in [1.54, 1.807) is 44.4 Å². The molecular formula is C22H21NS9. The molecular weight excluding hydrogens is 567 g/mol. The predicted molar refractivity (Wildman–Crippen MR) is 163 cm³/mol. The van der Waals surface area contributed by atoms with Crippen LogP contribution in [0.2, 0.25) is 0 Å². The lowest BCUT2D eigenvalue weighted by molar-refractivity contribution is 0.928. The molecule has 0 spiro atoms. The third-order valence-corrected chi connectivity index (χ3v) is 18.4. The van der Waals surface area contributed by atoms with Crippen molar-refractivity contribution in [3.05, 3.63) is 76.5 Å². The minimum atomic E-state index is 1.09. The van der Waals surface area contributed by atoms with Crippen LogP contribution in [-0.4, -0.2) is 4.98 Å². The summed E-state index contributed by atoms with van der Waals surface area (Å²) in [6.07, 6.45) is 4.09. The summed E-state index contributed by atoms with van der Waals surface area (Å²) in [6.45, 7) is 6.59. The number of pyridine rings is 1. The van der Waals surface area contributed by atoms with Gasteiger partial charge in [0.2, 0.25) is 0 Å². The number of benzene rings is 2. The summed E-state index contributed by atoms with van der Waals surface area (Å²) in [5.74, 6) is 0. The molecule has 168 valence electrons. The lowest BCUT2D eigenvalue weighted by atomic mass is 9.85. The first-order valence-electron chi connectivity index (χ1n) is 9.62. The molecule has 1 nitrogen and oxygen atoms in total. The lowest BCUT2D eigenvalue weighted by Gasteiger charge is -2.20. The highest BCUT2D eigenvalue weighted by Gasteiger charge is 2.18. The maximum absolute atomic E-state index is 4.63. The lowest BCUT2D eigenvalue weighted by Crippen LogP contribution is -2.05. The van der Waals surface area contributed by atoms with Crippen molar-refractivity contribution in [1.29, 1.82) is 0 Å². The van der Waals surface area contributed by atoms with Crippen LogP contribution in [0.25, 0.3) is 22.4 Å². The van der Waals surface area contributed by atoms with Crippen molar-refractivity contribution in [1.82, 2.24) is 4.98 Å². The van der Waals surface area contributed by atoms with Crippen LogP contribution < -0.4 is 0 Å². The fourth-order valence-corrected chi connectivity index (χ4v) is 17.8. The molecule has 1 aliphatic carbocycles. The van der Waals surface area contributed by atoms with Crippen molar-refractivity contribution in [2.24, 2.45) is 0 Å². The minimum absolute atomic E-state index is 1.09. The second-order valence-corrected chi connectivity index (χ2v) is 19.5. The van der Waals surface area contributed by atoms with Gasteiger partial charge in [0.25, 0.3) is 0 Å². The maximum atomic E-state index is 4.63. The van der Waals surface area contributed by atoms with E-state index in [1.807, 2.05) is 12.3 Å². The highest BCUT2D eigenvalue weighted by Crippen LogP contribution is 2.36. The molecule has 0 radical (unpaired) electrons. The van der Waals surface area contributed by atoms with E-state index in [1.165, 1.54) is 62.3 Å². The third-order valence-electron chi connectivity index (χ3n) is 5.05. The van der Waals surface area contributed by atoms with E-state index in [-0.39, 0.29) is 0 Å². The number of nitrogens with zero attached hydrogens (tertiary/aromatic N) is 1. The Morgan fingerprint density at radius 2 is 1.38 bits per heavy atom. The van der Waals surface area contributed by atoms with Gasteiger partial charge >= 0.3 is 0 Å². The van der Waals surface area contributed by atoms with Crippen molar-refractivity contribution in [3.63, 3.8) is 0 Å². The van der Waals surface area contributed by atoms with Gasteiger partial charge in [0.05, 0.1) is 5.69 Å². The topological polar surface area (TPSA) is 12.9 Å². The van der Waals surface area contributed by atoms with E-state index in [0.717, 1.165) is 18.5 Å². The van der Waals surface area contributed by atoms with Crippen LogP contribution in [-0.2, 0) is 97.4 Å². The number of hydrogen-bond acceptors (Lipinski definition) is 3. The monoisotopic (exact) mass is 587 g/mol. The molecule has 0 saturated carbocycles. The van der Waals surface area contributed by atoms with Gasteiger partial charge in [0.1, 0.15) is 0 Å². The molecule has 1 aromatic heterocycles. The van der Waals surface area contributed by atoms with Gasteiger partial charge < -0.3 is 0 Å².